The second-order valence-electron chi connectivity index (χ2n) is 5.00. The molecule has 1 saturated heterocycles. The summed E-state index contributed by atoms with van der Waals surface area (Å²) in [6.45, 7) is -0.465. The van der Waals surface area contributed by atoms with E-state index in [2.05, 4.69) is 9.97 Å². The highest BCUT2D eigenvalue weighted by Gasteiger charge is 2.44. The molecule has 1 unspecified atom stereocenters. The quantitative estimate of drug-likeness (QED) is 0.422. The minimum atomic E-state index is -1.32. The third kappa shape index (κ3) is 2.01. The average molecular weight is 309 g/mol. The average Bonchev–Trinajstić information content (AvgIpc) is 3.00. The first-order valence-electron chi connectivity index (χ1n) is 6.49. The summed E-state index contributed by atoms with van der Waals surface area (Å²) >= 11 is 0. The fourth-order valence-electron chi connectivity index (χ4n) is 2.60. The van der Waals surface area contributed by atoms with E-state index >= 15 is 0 Å². The fraction of sp³-hybridized carbons (Fsp3) is 0.417. The number of aliphatic hydroxyl groups excluding tert-OH is 3. The summed E-state index contributed by atoms with van der Waals surface area (Å²) in [4.78, 5) is 19.4. The number of anilines is 1. The lowest BCUT2D eigenvalue weighted by Gasteiger charge is -2.17. The van der Waals surface area contributed by atoms with Crippen LogP contribution in [-0.4, -0.2) is 60.7 Å². The van der Waals surface area contributed by atoms with Gasteiger partial charge in [0.1, 0.15) is 36.1 Å². The van der Waals surface area contributed by atoms with Crippen molar-refractivity contribution >= 4 is 22.8 Å². The molecule has 1 fully saturated rings. The molecule has 1 aliphatic rings. The van der Waals surface area contributed by atoms with Crippen LogP contribution in [0.3, 0.4) is 0 Å². The third-order valence-electron chi connectivity index (χ3n) is 3.70. The van der Waals surface area contributed by atoms with Gasteiger partial charge >= 0.3 is 0 Å². The predicted octanol–water partition coefficient (Wildman–Crippen LogP) is -2.28. The van der Waals surface area contributed by atoms with Gasteiger partial charge in [0.15, 0.2) is 6.23 Å². The maximum absolute atomic E-state index is 11.6. The summed E-state index contributed by atoms with van der Waals surface area (Å²) in [6, 6.07) is 0. The minimum Gasteiger partial charge on any atom is -0.394 e. The van der Waals surface area contributed by atoms with E-state index in [1.165, 1.54) is 17.1 Å². The maximum Gasteiger partial charge on any atom is 0.251 e. The van der Waals surface area contributed by atoms with Crippen molar-refractivity contribution in [1.29, 1.82) is 0 Å². The van der Waals surface area contributed by atoms with Crippen LogP contribution < -0.4 is 11.5 Å². The lowest BCUT2D eigenvalue weighted by molar-refractivity contribution is -0.0508. The summed E-state index contributed by atoms with van der Waals surface area (Å²) in [5.41, 5.74) is 11.4. The molecule has 4 atom stereocenters. The molecule has 3 heterocycles. The molecular formula is C12H15N5O5. The number of hydrogen-bond donors (Lipinski definition) is 5. The normalized spacial score (nSPS) is 28.3. The highest BCUT2D eigenvalue weighted by atomic mass is 16.6. The molecule has 7 N–H and O–H groups in total. The van der Waals surface area contributed by atoms with Crippen LogP contribution in [0.15, 0.2) is 12.5 Å². The smallest absolute Gasteiger partial charge is 0.251 e. The van der Waals surface area contributed by atoms with E-state index in [4.69, 9.17) is 21.3 Å². The molecule has 0 radical (unpaired) electrons. The Labute approximate surface area is 123 Å². The van der Waals surface area contributed by atoms with Gasteiger partial charge in [0.25, 0.3) is 5.91 Å². The number of primary amides is 1. The second-order valence-corrected chi connectivity index (χ2v) is 5.00. The number of rotatable bonds is 3. The molecule has 1 aliphatic heterocycles. The zero-order valence-corrected chi connectivity index (χ0v) is 11.3. The van der Waals surface area contributed by atoms with Gasteiger partial charge in [-0.05, 0) is 0 Å². The molecule has 0 aromatic carbocycles. The minimum absolute atomic E-state index is 0.0595. The summed E-state index contributed by atoms with van der Waals surface area (Å²) in [6.07, 6.45) is -2.06. The summed E-state index contributed by atoms with van der Waals surface area (Å²) < 4.78 is 6.77. The van der Waals surface area contributed by atoms with Crippen LogP contribution in [0.2, 0.25) is 0 Å². The van der Waals surface area contributed by atoms with Crippen LogP contribution in [0.5, 0.6) is 0 Å². The standard InChI is InChI=1S/C12H15N5O5/c13-9-6-4(10(14)21)1-17(11(6)16-3-15-9)12-8(20)7(19)5(2-18)22-12/h1,3,5,7-8,12,18-20H,2H2,(H2,14,21)(H2,13,15,16)/t5-,7-,8-,12?/m1/s1. The molecule has 3 rings (SSSR count). The Hall–Kier alpha value is -2.27. The fourth-order valence-corrected chi connectivity index (χ4v) is 2.60. The van der Waals surface area contributed by atoms with E-state index in [0.717, 1.165) is 0 Å². The molecule has 1 amide bonds. The first-order valence-corrected chi connectivity index (χ1v) is 6.49. The topological polar surface area (TPSA) is 170 Å². The molecule has 118 valence electrons. The van der Waals surface area contributed by atoms with Crippen LogP contribution >= 0.6 is 0 Å². The molecule has 0 aliphatic carbocycles. The number of hydrogen-bond acceptors (Lipinski definition) is 8. The number of nitrogen functional groups attached to an aromatic ring is 1. The number of aliphatic hydroxyl groups is 3. The number of nitrogens with zero attached hydrogens (tertiary/aromatic N) is 3. The first kappa shape index (κ1) is 14.7. The van der Waals surface area contributed by atoms with Gasteiger partial charge in [-0.15, -0.1) is 0 Å². The molecule has 0 spiro atoms. The number of nitrogens with two attached hydrogens (primary N) is 2. The van der Waals surface area contributed by atoms with E-state index < -0.39 is 37.1 Å². The SMILES string of the molecule is NC(=O)c1cn(C2O[C@H](CO)[C@@H](O)[C@H]2O)c2ncnc(N)c12. The predicted molar refractivity (Wildman–Crippen MR) is 73.5 cm³/mol. The van der Waals surface area contributed by atoms with Crippen molar-refractivity contribution in [3.8, 4) is 0 Å². The van der Waals surface area contributed by atoms with Crippen molar-refractivity contribution in [2.45, 2.75) is 24.5 Å². The summed E-state index contributed by atoms with van der Waals surface area (Å²) in [7, 11) is 0. The van der Waals surface area contributed by atoms with Gasteiger partial charge in [0, 0.05) is 6.20 Å². The molecule has 2 aromatic heterocycles. The Bertz CT molecular complexity index is 732. The van der Waals surface area contributed by atoms with Gasteiger partial charge in [-0.25, -0.2) is 9.97 Å². The Morgan fingerprint density at radius 1 is 1.36 bits per heavy atom. The Balaban J connectivity index is 2.16. The van der Waals surface area contributed by atoms with Crippen LogP contribution in [0, 0.1) is 0 Å². The molecule has 22 heavy (non-hydrogen) atoms. The van der Waals surface area contributed by atoms with Gasteiger partial charge in [-0.1, -0.05) is 0 Å². The lowest BCUT2D eigenvalue weighted by Crippen LogP contribution is -2.33. The molecule has 0 saturated carbocycles. The molecular weight excluding hydrogens is 294 g/mol. The highest BCUT2D eigenvalue weighted by molar-refractivity contribution is 6.08. The number of fused-ring (bicyclic) bond motifs is 1. The Kier molecular flexibility index (Phi) is 3.45. The number of carbonyl (C=O) groups is 1. The van der Waals surface area contributed by atoms with Gasteiger partial charge < -0.3 is 36.1 Å². The van der Waals surface area contributed by atoms with Crippen molar-refractivity contribution < 1.29 is 24.9 Å². The van der Waals surface area contributed by atoms with Gasteiger partial charge in [0.05, 0.1) is 17.6 Å². The lowest BCUT2D eigenvalue weighted by atomic mass is 10.1. The third-order valence-corrected chi connectivity index (χ3v) is 3.70. The summed E-state index contributed by atoms with van der Waals surface area (Å²) in [5, 5.41) is 29.3. The number of amides is 1. The van der Waals surface area contributed by atoms with Crippen molar-refractivity contribution in [2.24, 2.45) is 5.73 Å². The monoisotopic (exact) mass is 309 g/mol. The number of ether oxygens (including phenoxy) is 1. The highest BCUT2D eigenvalue weighted by Crippen LogP contribution is 2.34. The maximum atomic E-state index is 11.6. The zero-order valence-electron chi connectivity index (χ0n) is 11.3. The van der Waals surface area contributed by atoms with Crippen LogP contribution in [-0.2, 0) is 4.74 Å². The molecule has 0 bridgehead atoms. The van der Waals surface area contributed by atoms with Crippen molar-refractivity contribution in [3.63, 3.8) is 0 Å². The Morgan fingerprint density at radius 3 is 2.68 bits per heavy atom. The van der Waals surface area contributed by atoms with E-state index in [1.807, 2.05) is 0 Å². The zero-order chi connectivity index (χ0) is 16.0. The summed E-state index contributed by atoms with van der Waals surface area (Å²) in [5.74, 6) is -0.679. The van der Waals surface area contributed by atoms with Crippen LogP contribution in [0.1, 0.15) is 16.6 Å². The van der Waals surface area contributed by atoms with E-state index in [0.29, 0.717) is 0 Å². The largest absolute Gasteiger partial charge is 0.394 e. The van der Waals surface area contributed by atoms with Crippen molar-refractivity contribution in [1.82, 2.24) is 14.5 Å². The van der Waals surface area contributed by atoms with Gasteiger partial charge in [-0.3, -0.25) is 4.79 Å². The Morgan fingerprint density at radius 2 is 2.09 bits per heavy atom. The number of carbonyl (C=O) groups excluding carboxylic acids is 1. The van der Waals surface area contributed by atoms with Crippen LogP contribution in [0.25, 0.3) is 11.0 Å². The van der Waals surface area contributed by atoms with E-state index in [1.54, 1.807) is 0 Å². The molecule has 2 aromatic rings. The van der Waals surface area contributed by atoms with E-state index in [9.17, 15) is 15.0 Å². The van der Waals surface area contributed by atoms with E-state index in [-0.39, 0.29) is 22.4 Å². The van der Waals surface area contributed by atoms with Gasteiger partial charge in [-0.2, -0.15) is 0 Å². The molecule has 10 nitrogen and oxygen atoms in total. The van der Waals surface area contributed by atoms with Crippen molar-refractivity contribution in [2.75, 3.05) is 12.3 Å². The van der Waals surface area contributed by atoms with Crippen LogP contribution in [0.4, 0.5) is 5.82 Å². The second kappa shape index (κ2) is 5.18. The first-order chi connectivity index (χ1) is 10.5. The van der Waals surface area contributed by atoms with Gasteiger partial charge in [0.2, 0.25) is 0 Å². The van der Waals surface area contributed by atoms with Crippen molar-refractivity contribution in [3.05, 3.63) is 18.1 Å². The number of aromatic nitrogens is 3. The molecule has 10 heteroatoms.